The SMILES string of the molecule is CCOc1cc(/C=C(\C#N)C(=O)NCc2ccco2)ccc1OC(=O)c1ccc(C)c([N+](=O)[O-])c1. The summed E-state index contributed by atoms with van der Waals surface area (Å²) in [4.78, 5) is 35.6. The summed E-state index contributed by atoms with van der Waals surface area (Å²) in [7, 11) is 0. The lowest BCUT2D eigenvalue weighted by molar-refractivity contribution is -0.385. The predicted octanol–water partition coefficient (Wildman–Crippen LogP) is 4.34. The van der Waals surface area contributed by atoms with E-state index in [9.17, 15) is 25.0 Å². The van der Waals surface area contributed by atoms with E-state index in [0.717, 1.165) is 6.07 Å². The monoisotopic (exact) mass is 475 g/mol. The highest BCUT2D eigenvalue weighted by Gasteiger charge is 2.18. The minimum absolute atomic E-state index is 0.00807. The van der Waals surface area contributed by atoms with Crippen molar-refractivity contribution in [2.75, 3.05) is 6.61 Å². The first-order chi connectivity index (χ1) is 16.8. The van der Waals surface area contributed by atoms with Crippen LogP contribution in [0.2, 0.25) is 0 Å². The second-order valence-corrected chi connectivity index (χ2v) is 7.22. The van der Waals surface area contributed by atoms with Crippen LogP contribution in [0.1, 0.15) is 34.2 Å². The first-order valence-corrected chi connectivity index (χ1v) is 10.5. The number of aryl methyl sites for hydroxylation is 1. The maximum Gasteiger partial charge on any atom is 0.343 e. The molecule has 1 amide bonds. The third-order valence-electron chi connectivity index (χ3n) is 4.79. The van der Waals surface area contributed by atoms with Crippen molar-refractivity contribution in [2.24, 2.45) is 0 Å². The van der Waals surface area contributed by atoms with Gasteiger partial charge in [-0.1, -0.05) is 12.1 Å². The van der Waals surface area contributed by atoms with Crippen LogP contribution in [-0.4, -0.2) is 23.4 Å². The van der Waals surface area contributed by atoms with Crippen LogP contribution >= 0.6 is 0 Å². The van der Waals surface area contributed by atoms with E-state index in [-0.39, 0.29) is 41.5 Å². The van der Waals surface area contributed by atoms with E-state index in [0.29, 0.717) is 16.9 Å². The van der Waals surface area contributed by atoms with Gasteiger partial charge in [0.2, 0.25) is 0 Å². The van der Waals surface area contributed by atoms with Gasteiger partial charge in [-0.2, -0.15) is 5.26 Å². The number of furan rings is 1. The molecule has 0 fully saturated rings. The Kier molecular flexibility index (Phi) is 7.98. The summed E-state index contributed by atoms with van der Waals surface area (Å²) >= 11 is 0. The molecular weight excluding hydrogens is 454 g/mol. The van der Waals surface area contributed by atoms with E-state index in [4.69, 9.17) is 13.9 Å². The first kappa shape index (κ1) is 24.7. The van der Waals surface area contributed by atoms with Gasteiger partial charge < -0.3 is 19.2 Å². The highest BCUT2D eigenvalue weighted by molar-refractivity contribution is 6.01. The number of nitrogens with zero attached hydrogens (tertiary/aromatic N) is 2. The zero-order valence-electron chi connectivity index (χ0n) is 18.9. The van der Waals surface area contributed by atoms with Crippen LogP contribution in [-0.2, 0) is 11.3 Å². The second kappa shape index (κ2) is 11.3. The van der Waals surface area contributed by atoms with Crippen LogP contribution in [0.3, 0.4) is 0 Å². The number of esters is 1. The maximum atomic E-state index is 12.6. The Morgan fingerprint density at radius 2 is 2.00 bits per heavy atom. The normalized spacial score (nSPS) is 10.8. The number of nitro benzene ring substituents is 1. The third-order valence-corrected chi connectivity index (χ3v) is 4.79. The lowest BCUT2D eigenvalue weighted by Gasteiger charge is -2.12. The summed E-state index contributed by atoms with van der Waals surface area (Å²) < 4.78 is 16.1. The lowest BCUT2D eigenvalue weighted by atomic mass is 10.1. The number of amides is 1. The van der Waals surface area contributed by atoms with E-state index in [1.54, 1.807) is 32.0 Å². The first-order valence-electron chi connectivity index (χ1n) is 10.5. The number of carbonyl (C=O) groups is 2. The standard InChI is InChI=1S/C25H21N3O7/c1-3-33-23-12-17(11-19(14-26)24(29)27-15-20-5-4-10-34-20)7-9-22(23)35-25(30)18-8-6-16(2)21(13-18)28(31)32/h4-13H,3,15H2,1-2H3,(H,27,29)/b19-11+. The van der Waals surface area contributed by atoms with Crippen molar-refractivity contribution in [1.82, 2.24) is 5.32 Å². The van der Waals surface area contributed by atoms with Crippen molar-refractivity contribution < 1.29 is 28.4 Å². The molecule has 1 aromatic heterocycles. The van der Waals surface area contributed by atoms with Gasteiger partial charge >= 0.3 is 5.97 Å². The Hall–Kier alpha value is -4.91. The fraction of sp³-hybridized carbons (Fsp3) is 0.160. The minimum atomic E-state index is -0.799. The molecule has 10 nitrogen and oxygen atoms in total. The summed E-state index contributed by atoms with van der Waals surface area (Å²) in [6, 6.07) is 13.8. The van der Waals surface area contributed by atoms with Gasteiger partial charge in [0.15, 0.2) is 11.5 Å². The van der Waals surface area contributed by atoms with Crippen LogP contribution in [0.5, 0.6) is 11.5 Å². The van der Waals surface area contributed by atoms with Crippen molar-refractivity contribution in [2.45, 2.75) is 20.4 Å². The third kappa shape index (κ3) is 6.33. The number of nitro groups is 1. The molecule has 0 aliphatic rings. The fourth-order valence-electron chi connectivity index (χ4n) is 3.05. The number of hydrogen-bond acceptors (Lipinski definition) is 8. The van der Waals surface area contributed by atoms with Crippen LogP contribution in [0.4, 0.5) is 5.69 Å². The van der Waals surface area contributed by atoms with Gasteiger partial charge in [0.05, 0.1) is 29.9 Å². The topological polar surface area (TPSA) is 145 Å². The van der Waals surface area contributed by atoms with Gasteiger partial charge in [0.1, 0.15) is 17.4 Å². The Balaban J connectivity index is 1.80. The van der Waals surface area contributed by atoms with Crippen LogP contribution in [0.25, 0.3) is 6.08 Å². The second-order valence-electron chi connectivity index (χ2n) is 7.22. The molecule has 0 aliphatic carbocycles. The van der Waals surface area contributed by atoms with Crippen LogP contribution in [0, 0.1) is 28.4 Å². The van der Waals surface area contributed by atoms with Crippen molar-refractivity contribution in [3.05, 3.63) is 92.9 Å². The van der Waals surface area contributed by atoms with Gasteiger partial charge in [-0.05, 0) is 55.8 Å². The molecule has 0 aliphatic heterocycles. The molecule has 35 heavy (non-hydrogen) atoms. The summed E-state index contributed by atoms with van der Waals surface area (Å²) in [6.07, 6.45) is 2.85. The molecule has 0 unspecified atom stereocenters. The van der Waals surface area contributed by atoms with E-state index in [2.05, 4.69) is 5.32 Å². The highest BCUT2D eigenvalue weighted by Crippen LogP contribution is 2.31. The van der Waals surface area contributed by atoms with E-state index < -0.39 is 16.8 Å². The molecule has 3 rings (SSSR count). The lowest BCUT2D eigenvalue weighted by Crippen LogP contribution is -2.23. The van der Waals surface area contributed by atoms with Gasteiger partial charge in [-0.15, -0.1) is 0 Å². The Morgan fingerprint density at radius 1 is 1.20 bits per heavy atom. The summed E-state index contributed by atoms with van der Waals surface area (Å²) in [5.74, 6) is -0.562. The molecule has 0 saturated heterocycles. The number of carbonyl (C=O) groups excluding carboxylic acids is 2. The molecule has 2 aromatic carbocycles. The largest absolute Gasteiger partial charge is 0.490 e. The summed E-state index contributed by atoms with van der Waals surface area (Å²) in [5, 5.41) is 23.2. The molecule has 10 heteroatoms. The molecule has 0 radical (unpaired) electrons. The summed E-state index contributed by atoms with van der Waals surface area (Å²) in [6.45, 7) is 3.68. The highest BCUT2D eigenvalue weighted by atomic mass is 16.6. The number of benzene rings is 2. The van der Waals surface area contributed by atoms with Gasteiger partial charge in [0, 0.05) is 11.6 Å². The predicted molar refractivity (Wildman–Crippen MR) is 125 cm³/mol. The summed E-state index contributed by atoms with van der Waals surface area (Å²) in [5.41, 5.74) is 0.548. The van der Waals surface area contributed by atoms with Gasteiger partial charge in [-0.25, -0.2) is 4.79 Å². The number of nitrogens with one attached hydrogen (secondary N) is 1. The van der Waals surface area contributed by atoms with Gasteiger partial charge in [0.25, 0.3) is 11.6 Å². The van der Waals surface area contributed by atoms with E-state index >= 15 is 0 Å². The average molecular weight is 475 g/mol. The molecule has 1 N–H and O–H groups in total. The number of hydrogen-bond donors (Lipinski definition) is 1. The smallest absolute Gasteiger partial charge is 0.343 e. The quantitative estimate of drug-likeness (QED) is 0.120. The molecular formula is C25H21N3O7. The van der Waals surface area contributed by atoms with Crippen molar-refractivity contribution in [1.29, 1.82) is 5.26 Å². The van der Waals surface area contributed by atoms with Crippen LogP contribution < -0.4 is 14.8 Å². The van der Waals surface area contributed by atoms with Gasteiger partial charge in [-0.3, -0.25) is 14.9 Å². The van der Waals surface area contributed by atoms with E-state index in [1.807, 2.05) is 6.07 Å². The average Bonchev–Trinajstić information content (AvgIpc) is 3.36. The minimum Gasteiger partial charge on any atom is -0.490 e. The number of ether oxygens (including phenoxy) is 2. The Labute approximate surface area is 200 Å². The molecule has 1 heterocycles. The molecule has 0 spiro atoms. The fourth-order valence-corrected chi connectivity index (χ4v) is 3.05. The molecule has 3 aromatic rings. The molecule has 178 valence electrons. The van der Waals surface area contributed by atoms with Crippen molar-refractivity contribution in [3.8, 4) is 17.6 Å². The molecule has 0 saturated carbocycles. The molecule has 0 bridgehead atoms. The van der Waals surface area contributed by atoms with E-state index in [1.165, 1.54) is 36.6 Å². The number of nitriles is 1. The van der Waals surface area contributed by atoms with Crippen LogP contribution in [0.15, 0.2) is 64.8 Å². The zero-order chi connectivity index (χ0) is 25.4. The van der Waals surface area contributed by atoms with Crippen molar-refractivity contribution in [3.63, 3.8) is 0 Å². The molecule has 0 atom stereocenters. The zero-order valence-corrected chi connectivity index (χ0v) is 18.9. The van der Waals surface area contributed by atoms with Crippen molar-refractivity contribution >= 4 is 23.6 Å². The number of rotatable bonds is 9. The maximum absolute atomic E-state index is 12.6. The Bertz CT molecular complexity index is 1320. The Morgan fingerprint density at radius 3 is 2.66 bits per heavy atom.